The van der Waals surface area contributed by atoms with Gasteiger partial charge >= 0.3 is 0 Å². The SMILES string of the molecule is COc1cc(C(C)C)cc(COc2ncccc2C(C)N)n1. The number of aromatic nitrogens is 2. The summed E-state index contributed by atoms with van der Waals surface area (Å²) in [7, 11) is 1.62. The highest BCUT2D eigenvalue weighted by molar-refractivity contribution is 5.30. The van der Waals surface area contributed by atoms with Crippen LogP contribution in [0.5, 0.6) is 11.8 Å². The molecule has 0 amide bonds. The van der Waals surface area contributed by atoms with Crippen LogP contribution in [-0.2, 0) is 6.61 Å². The summed E-state index contributed by atoms with van der Waals surface area (Å²) in [6, 6.07) is 7.62. The van der Waals surface area contributed by atoms with Gasteiger partial charge in [0.1, 0.15) is 6.61 Å². The third-order valence-electron chi connectivity index (χ3n) is 3.40. The Kier molecular flexibility index (Phi) is 5.33. The van der Waals surface area contributed by atoms with Crippen molar-refractivity contribution in [2.45, 2.75) is 39.3 Å². The standard InChI is InChI=1S/C17H23N3O2/c1-11(2)13-8-14(20-16(9-13)21-4)10-22-17-15(12(3)18)6-5-7-19-17/h5-9,11-12H,10,18H2,1-4H3. The number of nitrogens with two attached hydrogens (primary N) is 1. The number of hydrogen-bond acceptors (Lipinski definition) is 5. The molecule has 5 nitrogen and oxygen atoms in total. The number of hydrogen-bond donors (Lipinski definition) is 1. The Balaban J connectivity index is 2.20. The first kappa shape index (κ1) is 16.2. The van der Waals surface area contributed by atoms with E-state index in [0.717, 1.165) is 11.3 Å². The zero-order chi connectivity index (χ0) is 16.1. The minimum absolute atomic E-state index is 0.131. The molecule has 0 saturated carbocycles. The lowest BCUT2D eigenvalue weighted by Crippen LogP contribution is -2.10. The van der Waals surface area contributed by atoms with Crippen LogP contribution in [0.4, 0.5) is 0 Å². The first-order chi connectivity index (χ1) is 10.5. The van der Waals surface area contributed by atoms with Crippen LogP contribution in [0.25, 0.3) is 0 Å². The average Bonchev–Trinajstić information content (AvgIpc) is 2.52. The third-order valence-corrected chi connectivity index (χ3v) is 3.40. The first-order valence-corrected chi connectivity index (χ1v) is 7.39. The van der Waals surface area contributed by atoms with E-state index < -0.39 is 0 Å². The zero-order valence-electron chi connectivity index (χ0n) is 13.5. The summed E-state index contributed by atoms with van der Waals surface area (Å²) in [5, 5.41) is 0. The van der Waals surface area contributed by atoms with Crippen molar-refractivity contribution in [1.29, 1.82) is 0 Å². The molecule has 5 heteroatoms. The van der Waals surface area contributed by atoms with Crippen LogP contribution < -0.4 is 15.2 Å². The van der Waals surface area contributed by atoms with Crippen molar-refractivity contribution in [2.24, 2.45) is 5.73 Å². The van der Waals surface area contributed by atoms with Crippen molar-refractivity contribution in [3.05, 3.63) is 47.3 Å². The molecule has 0 saturated heterocycles. The van der Waals surface area contributed by atoms with Crippen molar-refractivity contribution in [2.75, 3.05) is 7.11 Å². The van der Waals surface area contributed by atoms with Crippen LogP contribution in [-0.4, -0.2) is 17.1 Å². The van der Waals surface area contributed by atoms with E-state index in [0.29, 0.717) is 24.3 Å². The van der Waals surface area contributed by atoms with Crippen LogP contribution in [0.3, 0.4) is 0 Å². The van der Waals surface area contributed by atoms with Gasteiger partial charge in [-0.25, -0.2) is 9.97 Å². The lowest BCUT2D eigenvalue weighted by Gasteiger charge is -2.14. The Hall–Kier alpha value is -2.14. The Labute approximate surface area is 131 Å². The lowest BCUT2D eigenvalue weighted by atomic mass is 10.0. The third kappa shape index (κ3) is 3.95. The normalized spacial score (nSPS) is 12.3. The first-order valence-electron chi connectivity index (χ1n) is 7.39. The summed E-state index contributed by atoms with van der Waals surface area (Å²) in [4.78, 5) is 8.67. The molecule has 0 spiro atoms. The summed E-state index contributed by atoms with van der Waals surface area (Å²) in [5.74, 6) is 1.54. The fourth-order valence-corrected chi connectivity index (χ4v) is 2.11. The van der Waals surface area contributed by atoms with Gasteiger partial charge in [-0.15, -0.1) is 0 Å². The molecule has 0 bridgehead atoms. The second-order valence-electron chi connectivity index (χ2n) is 5.56. The van der Waals surface area contributed by atoms with Gasteiger partial charge in [-0.2, -0.15) is 0 Å². The van der Waals surface area contributed by atoms with Gasteiger partial charge in [0.15, 0.2) is 0 Å². The molecule has 22 heavy (non-hydrogen) atoms. The van der Waals surface area contributed by atoms with Gasteiger partial charge in [0.2, 0.25) is 11.8 Å². The van der Waals surface area contributed by atoms with E-state index >= 15 is 0 Å². The summed E-state index contributed by atoms with van der Waals surface area (Å²) in [6.07, 6.45) is 1.69. The maximum absolute atomic E-state index is 5.94. The minimum Gasteiger partial charge on any atom is -0.481 e. The molecule has 0 aliphatic carbocycles. The van der Waals surface area contributed by atoms with E-state index in [4.69, 9.17) is 15.2 Å². The van der Waals surface area contributed by atoms with E-state index in [2.05, 4.69) is 23.8 Å². The number of nitrogens with zero attached hydrogens (tertiary/aromatic N) is 2. The summed E-state index contributed by atoms with van der Waals surface area (Å²) >= 11 is 0. The molecule has 0 aromatic carbocycles. The zero-order valence-corrected chi connectivity index (χ0v) is 13.5. The minimum atomic E-state index is -0.131. The van der Waals surface area contributed by atoms with Gasteiger partial charge in [0.05, 0.1) is 12.8 Å². The maximum atomic E-state index is 5.94. The molecule has 0 aliphatic heterocycles. The molecule has 0 aliphatic rings. The van der Waals surface area contributed by atoms with Gasteiger partial charge in [0.25, 0.3) is 0 Å². The summed E-state index contributed by atoms with van der Waals surface area (Å²) < 4.78 is 11.1. The average molecular weight is 301 g/mol. The predicted molar refractivity (Wildman–Crippen MR) is 86.0 cm³/mol. The molecule has 118 valence electrons. The van der Waals surface area contributed by atoms with Crippen molar-refractivity contribution >= 4 is 0 Å². The van der Waals surface area contributed by atoms with E-state index in [9.17, 15) is 0 Å². The molecule has 0 radical (unpaired) electrons. The Morgan fingerprint density at radius 3 is 2.64 bits per heavy atom. The van der Waals surface area contributed by atoms with Gasteiger partial charge < -0.3 is 15.2 Å². The number of ether oxygens (including phenoxy) is 2. The predicted octanol–water partition coefficient (Wildman–Crippen LogP) is 3.21. The second kappa shape index (κ2) is 7.22. The van der Waals surface area contributed by atoms with Crippen molar-refractivity contribution in [3.63, 3.8) is 0 Å². The highest BCUT2D eigenvalue weighted by Gasteiger charge is 2.11. The van der Waals surface area contributed by atoms with Crippen molar-refractivity contribution in [1.82, 2.24) is 9.97 Å². The van der Waals surface area contributed by atoms with Crippen LogP contribution in [0, 0.1) is 0 Å². The van der Waals surface area contributed by atoms with Crippen molar-refractivity contribution < 1.29 is 9.47 Å². The van der Waals surface area contributed by atoms with Crippen molar-refractivity contribution in [3.8, 4) is 11.8 Å². The highest BCUT2D eigenvalue weighted by Crippen LogP contribution is 2.23. The molecule has 2 heterocycles. The molecular formula is C17H23N3O2. The van der Waals surface area contributed by atoms with Gasteiger partial charge in [-0.1, -0.05) is 19.9 Å². The molecule has 2 rings (SSSR count). The van der Waals surface area contributed by atoms with Crippen LogP contribution in [0.1, 0.15) is 49.6 Å². The Morgan fingerprint density at radius 2 is 2.00 bits per heavy atom. The molecule has 0 fully saturated rings. The Morgan fingerprint density at radius 1 is 1.23 bits per heavy atom. The molecule has 1 unspecified atom stereocenters. The fourth-order valence-electron chi connectivity index (χ4n) is 2.11. The van der Waals surface area contributed by atoms with E-state index in [1.807, 2.05) is 31.2 Å². The monoisotopic (exact) mass is 301 g/mol. The number of methoxy groups -OCH3 is 1. The van der Waals surface area contributed by atoms with Gasteiger partial charge in [0, 0.05) is 23.9 Å². The van der Waals surface area contributed by atoms with E-state index in [1.54, 1.807) is 13.3 Å². The lowest BCUT2D eigenvalue weighted by molar-refractivity contribution is 0.281. The summed E-state index contributed by atoms with van der Waals surface area (Å²) in [6.45, 7) is 6.50. The molecular weight excluding hydrogens is 278 g/mol. The van der Waals surface area contributed by atoms with Crippen LogP contribution in [0.2, 0.25) is 0 Å². The molecule has 2 N–H and O–H groups in total. The second-order valence-corrected chi connectivity index (χ2v) is 5.56. The number of pyridine rings is 2. The smallest absolute Gasteiger partial charge is 0.218 e. The molecule has 2 aromatic rings. The van der Waals surface area contributed by atoms with Crippen LogP contribution in [0.15, 0.2) is 30.5 Å². The van der Waals surface area contributed by atoms with E-state index in [1.165, 1.54) is 5.56 Å². The fraction of sp³-hybridized carbons (Fsp3) is 0.412. The van der Waals surface area contributed by atoms with Gasteiger partial charge in [-0.3, -0.25) is 0 Å². The summed E-state index contributed by atoms with van der Waals surface area (Å²) in [5.41, 5.74) is 8.80. The topological polar surface area (TPSA) is 70.3 Å². The highest BCUT2D eigenvalue weighted by atomic mass is 16.5. The molecule has 1 atom stereocenters. The largest absolute Gasteiger partial charge is 0.481 e. The number of rotatable bonds is 6. The quantitative estimate of drug-likeness (QED) is 0.887. The maximum Gasteiger partial charge on any atom is 0.218 e. The Bertz CT molecular complexity index is 627. The van der Waals surface area contributed by atoms with E-state index in [-0.39, 0.29) is 6.04 Å². The molecule has 2 aromatic heterocycles. The van der Waals surface area contributed by atoms with Crippen LogP contribution >= 0.6 is 0 Å². The van der Waals surface area contributed by atoms with Gasteiger partial charge in [-0.05, 0) is 30.5 Å².